The summed E-state index contributed by atoms with van der Waals surface area (Å²) >= 11 is 0. The molecule has 4 rings (SSSR count). The van der Waals surface area contributed by atoms with Crippen molar-refractivity contribution in [1.29, 1.82) is 0 Å². The fourth-order valence-corrected chi connectivity index (χ4v) is 7.00. The first-order valence-electron chi connectivity index (χ1n) is 10.5. The molecule has 0 spiro atoms. The van der Waals surface area contributed by atoms with Crippen LogP contribution >= 0.6 is 0 Å². The first-order valence-corrected chi connectivity index (χ1v) is 13.3. The monoisotopic (exact) mass is 504 g/mol. The summed E-state index contributed by atoms with van der Waals surface area (Å²) in [6.07, 6.45) is -0.153. The maximum absolute atomic E-state index is 13.5. The molecule has 10 nitrogen and oxygen atoms in total. The molecule has 1 saturated heterocycles. The second-order valence-corrected chi connectivity index (χ2v) is 11.5. The van der Waals surface area contributed by atoms with E-state index in [0.29, 0.717) is 8.61 Å². The Morgan fingerprint density at radius 2 is 1.35 bits per heavy atom. The lowest BCUT2D eigenvalue weighted by molar-refractivity contribution is -0.122. The molecule has 180 valence electrons. The molecular weight excluding hydrogens is 480 g/mol. The molecule has 2 aliphatic rings. The summed E-state index contributed by atoms with van der Waals surface area (Å²) in [7, 11) is -6.99. The third-order valence-corrected chi connectivity index (χ3v) is 9.38. The molecule has 2 heterocycles. The van der Waals surface area contributed by atoms with Crippen LogP contribution < -0.4 is 13.3 Å². The van der Waals surface area contributed by atoms with E-state index in [0.717, 1.165) is 4.31 Å². The number of carbonyl (C=O) groups is 2. The fourth-order valence-electron chi connectivity index (χ4n) is 4.08. The van der Waals surface area contributed by atoms with Crippen LogP contribution in [0.5, 0.6) is 0 Å². The minimum absolute atomic E-state index is 0.112. The molecule has 34 heavy (non-hydrogen) atoms. The van der Waals surface area contributed by atoms with Crippen molar-refractivity contribution in [2.75, 3.05) is 15.7 Å². The second-order valence-electron chi connectivity index (χ2n) is 8.10. The zero-order valence-electron chi connectivity index (χ0n) is 18.7. The Morgan fingerprint density at radius 3 is 1.88 bits per heavy atom. The van der Waals surface area contributed by atoms with Crippen LogP contribution in [0.25, 0.3) is 0 Å². The topological polar surface area (TPSA) is 124 Å². The van der Waals surface area contributed by atoms with E-state index < -0.39 is 44.2 Å². The van der Waals surface area contributed by atoms with E-state index in [4.69, 9.17) is 0 Å². The lowest BCUT2D eigenvalue weighted by atomic mass is 9.90. The zero-order valence-corrected chi connectivity index (χ0v) is 20.4. The number of para-hydroxylation sites is 2. The SMILES string of the molecule is CC1=C(C[C@H]2C(=O)N(c3ccccc3)S(=O)(=O)N[C@@H]2C)C(=O)N(c2ccccc2)S(=O)(=O)N1C. The molecule has 0 bridgehead atoms. The molecule has 2 amide bonds. The molecule has 1 N–H and O–H groups in total. The van der Waals surface area contributed by atoms with Crippen LogP contribution in [0.2, 0.25) is 0 Å². The van der Waals surface area contributed by atoms with E-state index in [1.807, 2.05) is 0 Å². The van der Waals surface area contributed by atoms with Crippen LogP contribution in [0.15, 0.2) is 71.9 Å². The predicted molar refractivity (Wildman–Crippen MR) is 127 cm³/mol. The zero-order chi connectivity index (χ0) is 24.8. The van der Waals surface area contributed by atoms with E-state index in [2.05, 4.69) is 4.72 Å². The van der Waals surface area contributed by atoms with Gasteiger partial charge in [-0.2, -0.15) is 30.2 Å². The smallest absolute Gasteiger partial charge is 0.273 e. The van der Waals surface area contributed by atoms with Crippen molar-refractivity contribution in [2.24, 2.45) is 5.92 Å². The highest BCUT2D eigenvalue weighted by atomic mass is 32.2. The maximum atomic E-state index is 13.5. The molecule has 0 unspecified atom stereocenters. The normalized spacial score (nSPS) is 24.5. The Bertz CT molecular complexity index is 1370. The number of amides is 2. The van der Waals surface area contributed by atoms with Crippen molar-refractivity contribution in [3.8, 4) is 0 Å². The van der Waals surface area contributed by atoms with Crippen molar-refractivity contribution in [3.05, 3.63) is 71.9 Å². The summed E-state index contributed by atoms with van der Waals surface area (Å²) in [4.78, 5) is 26.9. The van der Waals surface area contributed by atoms with Gasteiger partial charge in [-0.05, 0) is 44.5 Å². The van der Waals surface area contributed by atoms with Gasteiger partial charge in [0.05, 0.1) is 17.3 Å². The van der Waals surface area contributed by atoms with E-state index >= 15 is 0 Å². The third-order valence-electron chi connectivity index (χ3n) is 6.03. The lowest BCUT2D eigenvalue weighted by Gasteiger charge is -2.39. The Labute approximate surface area is 198 Å². The average molecular weight is 505 g/mol. The number of allylic oxidation sites excluding steroid dienone is 1. The van der Waals surface area contributed by atoms with Crippen LogP contribution in [-0.2, 0) is 30.0 Å². The van der Waals surface area contributed by atoms with Crippen LogP contribution in [0, 0.1) is 5.92 Å². The number of hydrogen-bond donors (Lipinski definition) is 1. The number of hydrogen-bond acceptors (Lipinski definition) is 6. The van der Waals surface area contributed by atoms with Crippen molar-refractivity contribution >= 4 is 43.6 Å². The summed E-state index contributed by atoms with van der Waals surface area (Å²) in [5.74, 6) is -2.42. The van der Waals surface area contributed by atoms with E-state index in [1.165, 1.54) is 38.2 Å². The Hall–Kier alpha value is -3.22. The molecular formula is C22H24N4O6S2. The van der Waals surface area contributed by atoms with Gasteiger partial charge in [-0.1, -0.05) is 36.4 Å². The number of nitrogens with zero attached hydrogens (tertiary/aromatic N) is 3. The van der Waals surface area contributed by atoms with E-state index in [-0.39, 0.29) is 29.1 Å². The molecule has 0 aromatic heterocycles. The van der Waals surface area contributed by atoms with Gasteiger partial charge < -0.3 is 0 Å². The summed E-state index contributed by atoms with van der Waals surface area (Å²) in [5, 5.41) is 0. The van der Waals surface area contributed by atoms with Crippen molar-refractivity contribution in [2.45, 2.75) is 26.3 Å². The van der Waals surface area contributed by atoms with E-state index in [9.17, 15) is 26.4 Å². The Balaban J connectivity index is 1.75. The van der Waals surface area contributed by atoms with Gasteiger partial charge in [0.15, 0.2) is 0 Å². The highest BCUT2D eigenvalue weighted by molar-refractivity contribution is 7.92. The second kappa shape index (κ2) is 8.53. The first kappa shape index (κ1) is 23.9. The third kappa shape index (κ3) is 3.87. The molecule has 0 aliphatic carbocycles. The summed E-state index contributed by atoms with van der Waals surface area (Å²) in [6, 6.07) is 15.0. The standard InChI is InChI=1S/C22H24N4O6S2/c1-15-19(21(27)25(33(29,30)23-15)17-10-6-4-7-11-17)14-20-16(2)24(3)34(31,32)26(22(20)28)18-12-8-5-9-13-18/h4-13,15,19,23H,14H2,1-3H3/t15-,19-/m1/s1. The van der Waals surface area contributed by atoms with Crippen molar-refractivity contribution in [1.82, 2.24) is 9.03 Å². The van der Waals surface area contributed by atoms with Gasteiger partial charge in [-0.15, -0.1) is 0 Å². The van der Waals surface area contributed by atoms with Crippen molar-refractivity contribution in [3.63, 3.8) is 0 Å². The van der Waals surface area contributed by atoms with E-state index in [1.54, 1.807) is 43.3 Å². The first-order chi connectivity index (χ1) is 16.0. The molecule has 2 aromatic carbocycles. The lowest BCUT2D eigenvalue weighted by Crippen LogP contribution is -2.60. The molecule has 2 aliphatic heterocycles. The molecule has 0 radical (unpaired) electrons. The summed E-state index contributed by atoms with van der Waals surface area (Å²) in [5.41, 5.74) is 0.625. The predicted octanol–water partition coefficient (Wildman–Crippen LogP) is 1.76. The molecule has 2 aromatic rings. The Morgan fingerprint density at radius 1 is 0.853 bits per heavy atom. The molecule has 1 fully saturated rings. The van der Waals surface area contributed by atoms with Gasteiger partial charge in [0.2, 0.25) is 5.91 Å². The number of anilines is 2. The Kier molecular flexibility index (Phi) is 6.00. The molecule has 12 heteroatoms. The highest BCUT2D eigenvalue weighted by Gasteiger charge is 2.47. The fraction of sp³-hybridized carbons (Fsp3) is 0.273. The van der Waals surface area contributed by atoms with Crippen LogP contribution in [0.4, 0.5) is 11.4 Å². The average Bonchev–Trinajstić information content (AvgIpc) is 2.78. The van der Waals surface area contributed by atoms with Gasteiger partial charge in [-0.3, -0.25) is 13.9 Å². The minimum atomic E-state index is -4.17. The van der Waals surface area contributed by atoms with Crippen LogP contribution in [-0.4, -0.2) is 46.0 Å². The van der Waals surface area contributed by atoms with Crippen LogP contribution in [0.1, 0.15) is 20.3 Å². The molecule has 2 atom stereocenters. The number of nitrogens with one attached hydrogen (secondary N) is 1. The number of rotatable bonds is 4. The number of carbonyl (C=O) groups excluding carboxylic acids is 2. The van der Waals surface area contributed by atoms with Crippen molar-refractivity contribution < 1.29 is 26.4 Å². The van der Waals surface area contributed by atoms with Gasteiger partial charge in [-0.25, -0.2) is 0 Å². The largest absolute Gasteiger partial charge is 0.332 e. The van der Waals surface area contributed by atoms with Gasteiger partial charge >= 0.3 is 20.4 Å². The van der Waals surface area contributed by atoms with Crippen LogP contribution in [0.3, 0.4) is 0 Å². The van der Waals surface area contributed by atoms with Gasteiger partial charge in [0.1, 0.15) is 0 Å². The summed E-state index contributed by atoms with van der Waals surface area (Å²) in [6.45, 7) is 3.03. The maximum Gasteiger partial charge on any atom is 0.332 e. The quantitative estimate of drug-likeness (QED) is 0.677. The highest BCUT2D eigenvalue weighted by Crippen LogP contribution is 2.36. The van der Waals surface area contributed by atoms with Gasteiger partial charge in [0.25, 0.3) is 5.91 Å². The summed E-state index contributed by atoms with van der Waals surface area (Å²) < 4.78 is 56.5. The van der Waals surface area contributed by atoms with Gasteiger partial charge in [0, 0.05) is 24.4 Å². The number of benzene rings is 2. The minimum Gasteiger partial charge on any atom is -0.273 e. The molecule has 0 saturated carbocycles.